The zero-order valence-electron chi connectivity index (χ0n) is 10.7. The molecule has 0 saturated heterocycles. The van der Waals surface area contributed by atoms with Crippen molar-refractivity contribution >= 4 is 17.3 Å². The van der Waals surface area contributed by atoms with Gasteiger partial charge in [0.1, 0.15) is 0 Å². The predicted molar refractivity (Wildman–Crippen MR) is 71.0 cm³/mol. The van der Waals surface area contributed by atoms with Gasteiger partial charge in [-0.25, -0.2) is 0 Å². The first-order valence-corrected chi connectivity index (χ1v) is 5.87. The minimum Gasteiger partial charge on any atom is -0.398 e. The first-order valence-electron chi connectivity index (χ1n) is 5.87. The fourth-order valence-corrected chi connectivity index (χ4v) is 1.52. The summed E-state index contributed by atoms with van der Waals surface area (Å²) < 4.78 is 4.89. The third kappa shape index (κ3) is 4.55. The van der Waals surface area contributed by atoms with Crippen molar-refractivity contribution in [2.24, 2.45) is 0 Å². The highest BCUT2D eigenvalue weighted by molar-refractivity contribution is 5.99. The summed E-state index contributed by atoms with van der Waals surface area (Å²) in [5.41, 5.74) is 5.83. The Balaban J connectivity index is 2.61. The van der Waals surface area contributed by atoms with Crippen LogP contribution in [0.15, 0.2) is 18.2 Å². The van der Waals surface area contributed by atoms with Crippen molar-refractivity contribution in [2.45, 2.75) is 12.8 Å². The van der Waals surface area contributed by atoms with Crippen LogP contribution in [0.25, 0.3) is 0 Å². The smallest absolute Gasteiger partial charge is 0.270 e. The number of nitro benzene ring substituents is 1. The maximum absolute atomic E-state index is 11.8. The second-order valence-electron chi connectivity index (χ2n) is 3.98. The minimum atomic E-state index is -0.561. The van der Waals surface area contributed by atoms with Crippen LogP contribution >= 0.6 is 0 Å². The van der Waals surface area contributed by atoms with Crippen LogP contribution in [-0.4, -0.2) is 31.1 Å². The van der Waals surface area contributed by atoms with Crippen LogP contribution < -0.4 is 11.1 Å². The van der Waals surface area contributed by atoms with E-state index in [0.29, 0.717) is 13.2 Å². The van der Waals surface area contributed by atoms with Crippen molar-refractivity contribution in [2.75, 3.05) is 26.0 Å². The Morgan fingerprint density at radius 1 is 1.47 bits per heavy atom. The number of carbonyl (C=O) groups excluding carboxylic acids is 1. The van der Waals surface area contributed by atoms with Gasteiger partial charge in [-0.05, 0) is 18.9 Å². The van der Waals surface area contributed by atoms with E-state index in [-0.39, 0.29) is 16.9 Å². The molecule has 0 fully saturated rings. The molecule has 1 rings (SSSR count). The third-order valence-corrected chi connectivity index (χ3v) is 2.55. The number of hydrogen-bond donors (Lipinski definition) is 2. The summed E-state index contributed by atoms with van der Waals surface area (Å²) in [5.74, 6) is -0.404. The topological polar surface area (TPSA) is 107 Å². The SMILES string of the molecule is COCCCCNC(=O)c1cc([N+](=O)[O-])ccc1N. The third-order valence-electron chi connectivity index (χ3n) is 2.55. The Hall–Kier alpha value is -2.15. The molecule has 0 aliphatic carbocycles. The number of ether oxygens (including phenoxy) is 1. The number of unbranched alkanes of at least 4 members (excludes halogenated alkanes) is 1. The van der Waals surface area contributed by atoms with E-state index in [4.69, 9.17) is 10.5 Å². The number of benzene rings is 1. The molecular formula is C12H17N3O4. The van der Waals surface area contributed by atoms with E-state index < -0.39 is 10.8 Å². The number of nitro groups is 1. The van der Waals surface area contributed by atoms with Crippen molar-refractivity contribution in [3.63, 3.8) is 0 Å². The molecule has 1 aromatic carbocycles. The van der Waals surface area contributed by atoms with Gasteiger partial charge in [0.25, 0.3) is 11.6 Å². The van der Waals surface area contributed by atoms with E-state index in [2.05, 4.69) is 5.32 Å². The standard InChI is InChI=1S/C12H17N3O4/c1-19-7-3-2-6-14-12(16)10-8-9(15(17)18)4-5-11(10)13/h4-5,8H,2-3,6-7,13H2,1H3,(H,14,16). The van der Waals surface area contributed by atoms with Crippen LogP contribution in [0.2, 0.25) is 0 Å². The molecule has 0 aliphatic rings. The van der Waals surface area contributed by atoms with Gasteiger partial charge in [0.05, 0.1) is 10.5 Å². The Morgan fingerprint density at radius 2 is 2.21 bits per heavy atom. The fourth-order valence-electron chi connectivity index (χ4n) is 1.52. The first kappa shape index (κ1) is 14.9. The van der Waals surface area contributed by atoms with Gasteiger partial charge in [0.2, 0.25) is 0 Å². The molecule has 7 heteroatoms. The summed E-state index contributed by atoms with van der Waals surface area (Å²) in [6.45, 7) is 1.11. The van der Waals surface area contributed by atoms with E-state index in [9.17, 15) is 14.9 Å². The molecule has 0 radical (unpaired) electrons. The monoisotopic (exact) mass is 267 g/mol. The maximum atomic E-state index is 11.8. The number of hydrogen-bond acceptors (Lipinski definition) is 5. The van der Waals surface area contributed by atoms with Crippen molar-refractivity contribution < 1.29 is 14.5 Å². The van der Waals surface area contributed by atoms with Crippen molar-refractivity contribution in [3.8, 4) is 0 Å². The van der Waals surface area contributed by atoms with Crippen LogP contribution in [0.1, 0.15) is 23.2 Å². The van der Waals surface area contributed by atoms with Crippen LogP contribution in [0, 0.1) is 10.1 Å². The number of rotatable bonds is 7. The molecule has 0 atom stereocenters. The molecule has 3 N–H and O–H groups in total. The van der Waals surface area contributed by atoms with Gasteiger partial charge in [0, 0.05) is 38.1 Å². The molecule has 0 aliphatic heterocycles. The molecule has 0 unspecified atom stereocenters. The molecule has 1 amide bonds. The van der Waals surface area contributed by atoms with Crippen molar-refractivity contribution in [1.29, 1.82) is 0 Å². The van der Waals surface area contributed by atoms with E-state index in [0.717, 1.165) is 12.8 Å². The lowest BCUT2D eigenvalue weighted by Gasteiger charge is -2.07. The predicted octanol–water partition coefficient (Wildman–Crippen LogP) is 1.33. The molecule has 1 aromatic rings. The Labute approximate surface area is 110 Å². The lowest BCUT2D eigenvalue weighted by atomic mass is 10.1. The van der Waals surface area contributed by atoms with Gasteiger partial charge in [0.15, 0.2) is 0 Å². The second kappa shape index (κ2) is 7.32. The average Bonchev–Trinajstić information content (AvgIpc) is 2.38. The number of amides is 1. The molecule has 19 heavy (non-hydrogen) atoms. The zero-order valence-corrected chi connectivity index (χ0v) is 10.7. The summed E-state index contributed by atoms with van der Waals surface area (Å²) in [5, 5.41) is 13.3. The number of non-ortho nitro benzene ring substituents is 1. The summed E-state index contributed by atoms with van der Waals surface area (Å²) in [4.78, 5) is 21.9. The largest absolute Gasteiger partial charge is 0.398 e. The summed E-state index contributed by atoms with van der Waals surface area (Å²) in [6, 6.07) is 3.81. The average molecular weight is 267 g/mol. The molecular weight excluding hydrogens is 250 g/mol. The normalized spacial score (nSPS) is 10.2. The van der Waals surface area contributed by atoms with Gasteiger partial charge in [-0.3, -0.25) is 14.9 Å². The summed E-state index contributed by atoms with van der Waals surface area (Å²) >= 11 is 0. The highest BCUT2D eigenvalue weighted by Gasteiger charge is 2.14. The molecule has 0 heterocycles. The highest BCUT2D eigenvalue weighted by Crippen LogP contribution is 2.19. The fraction of sp³-hybridized carbons (Fsp3) is 0.417. The maximum Gasteiger partial charge on any atom is 0.270 e. The highest BCUT2D eigenvalue weighted by atomic mass is 16.6. The molecule has 0 saturated carbocycles. The molecule has 0 spiro atoms. The number of carbonyl (C=O) groups is 1. The number of methoxy groups -OCH3 is 1. The lowest BCUT2D eigenvalue weighted by Crippen LogP contribution is -2.25. The van der Waals surface area contributed by atoms with Gasteiger partial charge < -0.3 is 15.8 Å². The van der Waals surface area contributed by atoms with Gasteiger partial charge in [-0.15, -0.1) is 0 Å². The molecule has 0 aromatic heterocycles. The van der Waals surface area contributed by atoms with Gasteiger partial charge in [-0.1, -0.05) is 0 Å². The van der Waals surface area contributed by atoms with Gasteiger partial charge in [-0.2, -0.15) is 0 Å². The molecule has 0 bridgehead atoms. The number of anilines is 1. The Bertz CT molecular complexity index is 462. The Morgan fingerprint density at radius 3 is 2.84 bits per heavy atom. The van der Waals surface area contributed by atoms with Crippen molar-refractivity contribution in [1.82, 2.24) is 5.32 Å². The molecule has 7 nitrogen and oxygen atoms in total. The van der Waals surface area contributed by atoms with Crippen molar-refractivity contribution in [3.05, 3.63) is 33.9 Å². The minimum absolute atomic E-state index is 0.126. The van der Waals surface area contributed by atoms with Crippen LogP contribution in [-0.2, 0) is 4.74 Å². The first-order chi connectivity index (χ1) is 9.06. The molecule has 104 valence electrons. The number of nitrogens with one attached hydrogen (secondary N) is 1. The Kier molecular flexibility index (Phi) is 5.74. The quantitative estimate of drug-likeness (QED) is 0.335. The second-order valence-corrected chi connectivity index (χ2v) is 3.98. The number of nitrogens with two attached hydrogens (primary N) is 1. The van der Waals surface area contributed by atoms with E-state index in [1.54, 1.807) is 7.11 Å². The number of nitrogen functional groups attached to an aromatic ring is 1. The van der Waals surface area contributed by atoms with Crippen LogP contribution in [0.4, 0.5) is 11.4 Å². The van der Waals surface area contributed by atoms with Gasteiger partial charge >= 0.3 is 0 Å². The van der Waals surface area contributed by atoms with E-state index in [1.807, 2.05) is 0 Å². The van der Waals surface area contributed by atoms with E-state index >= 15 is 0 Å². The summed E-state index contributed by atoms with van der Waals surface area (Å²) in [7, 11) is 1.61. The van der Waals surface area contributed by atoms with E-state index in [1.165, 1.54) is 18.2 Å². The number of nitrogens with zero attached hydrogens (tertiary/aromatic N) is 1. The zero-order chi connectivity index (χ0) is 14.3. The van der Waals surface area contributed by atoms with Crippen LogP contribution in [0.5, 0.6) is 0 Å². The lowest BCUT2D eigenvalue weighted by molar-refractivity contribution is -0.384. The summed E-state index contributed by atoms with van der Waals surface area (Å²) in [6.07, 6.45) is 1.61. The van der Waals surface area contributed by atoms with Crippen LogP contribution in [0.3, 0.4) is 0 Å².